The number of alkyl halides is 6. The summed E-state index contributed by atoms with van der Waals surface area (Å²) in [5.74, 6) is 12.3. The number of aryl methyl sites for hydroxylation is 2. The molecule has 2 fully saturated rings. The second-order valence-electron chi connectivity index (χ2n) is 19.7. The Balaban J connectivity index is 0.000000237. The summed E-state index contributed by atoms with van der Waals surface area (Å²) in [6.07, 6.45) is -7.87. The van der Waals surface area contributed by atoms with Gasteiger partial charge in [-0.3, -0.25) is 19.6 Å². The van der Waals surface area contributed by atoms with E-state index in [4.69, 9.17) is 24.2 Å². The highest BCUT2D eigenvalue weighted by Gasteiger charge is 2.34. The molecule has 2 aromatic carbocycles. The normalized spacial score (nSPS) is 13.5. The maximum absolute atomic E-state index is 13.1. The molecule has 0 bridgehead atoms. The molecule has 0 radical (unpaired) electrons. The van der Waals surface area contributed by atoms with Crippen molar-refractivity contribution in [2.75, 3.05) is 100 Å². The Kier molecular flexibility index (Phi) is 19.7. The lowest BCUT2D eigenvalue weighted by Crippen LogP contribution is -2.36. The van der Waals surface area contributed by atoms with Gasteiger partial charge in [0, 0.05) is 68.1 Å². The molecule has 2 aliphatic rings. The van der Waals surface area contributed by atoms with Crippen LogP contribution in [0.25, 0.3) is 22.3 Å². The van der Waals surface area contributed by atoms with E-state index < -0.39 is 47.2 Å². The summed E-state index contributed by atoms with van der Waals surface area (Å²) in [6, 6.07) is 22.1. The van der Waals surface area contributed by atoms with E-state index in [1.807, 2.05) is 57.3 Å². The van der Waals surface area contributed by atoms with Crippen LogP contribution in [0.5, 0.6) is 0 Å². The molecule has 4 aromatic heterocycles. The van der Waals surface area contributed by atoms with Crippen molar-refractivity contribution >= 4 is 40.9 Å². The molecule has 0 aliphatic carbocycles. The molecule has 2 saturated heterocycles. The monoisotopic (exact) mass is 1120 g/mol. The van der Waals surface area contributed by atoms with Gasteiger partial charge in [0.15, 0.2) is 0 Å². The average molecular weight is 1120 g/mol. The van der Waals surface area contributed by atoms with Crippen LogP contribution in [0.2, 0.25) is 0 Å². The molecule has 6 aromatic rings. The number of morpholine rings is 2. The van der Waals surface area contributed by atoms with Gasteiger partial charge in [-0.25, -0.2) is 14.8 Å². The molecule has 424 valence electrons. The van der Waals surface area contributed by atoms with Gasteiger partial charge >= 0.3 is 18.4 Å². The van der Waals surface area contributed by atoms with Crippen molar-refractivity contribution in [1.29, 1.82) is 0 Å². The number of halogens is 6. The van der Waals surface area contributed by atoms with Crippen molar-refractivity contribution in [3.05, 3.63) is 142 Å². The first-order chi connectivity index (χ1) is 38.4. The Morgan fingerprint density at radius 1 is 0.630 bits per heavy atom. The van der Waals surface area contributed by atoms with E-state index in [9.17, 15) is 40.7 Å². The highest BCUT2D eigenvalue weighted by atomic mass is 19.4. The quantitative estimate of drug-likeness (QED) is 0.0874. The van der Waals surface area contributed by atoms with Gasteiger partial charge in [-0.05, 0) is 160 Å². The maximum Gasteiger partial charge on any atom is 0.433 e. The van der Waals surface area contributed by atoms with Gasteiger partial charge < -0.3 is 44.9 Å². The van der Waals surface area contributed by atoms with E-state index in [0.29, 0.717) is 93.8 Å². The van der Waals surface area contributed by atoms with Gasteiger partial charge in [-0.15, -0.1) is 0 Å². The first-order valence-corrected chi connectivity index (χ1v) is 25.6. The van der Waals surface area contributed by atoms with Crippen LogP contribution in [0.1, 0.15) is 75.4 Å². The van der Waals surface area contributed by atoms with E-state index >= 15 is 0 Å². The lowest BCUT2D eigenvalue weighted by atomic mass is 9.99. The molecule has 22 heteroatoms. The first kappa shape index (κ1) is 60.1. The molecule has 3 amide bonds. The van der Waals surface area contributed by atoms with E-state index in [1.54, 1.807) is 52.1 Å². The predicted octanol–water partition coefficient (Wildman–Crippen LogP) is 9.91. The number of anilines is 4. The second-order valence-corrected chi connectivity index (χ2v) is 19.7. The number of hydrogen-bond acceptors (Lipinski definition) is 13. The highest BCUT2D eigenvalue weighted by molar-refractivity contribution is 6.05. The van der Waals surface area contributed by atoms with E-state index in [1.165, 1.54) is 17.0 Å². The Hall–Kier alpha value is -8.57. The van der Waals surface area contributed by atoms with E-state index in [2.05, 4.69) is 59.4 Å². The number of nitrogens with zero attached hydrogens (tertiary/aromatic N) is 7. The molecular weight excluding hydrogens is 1060 g/mol. The zero-order chi connectivity index (χ0) is 58.5. The zero-order valence-electron chi connectivity index (χ0n) is 45.7. The fourth-order valence-corrected chi connectivity index (χ4v) is 8.14. The number of carbonyl (C=O) groups excluding carboxylic acids is 3. The number of rotatable bonds is 10. The Bertz CT molecular complexity index is 3370. The molecule has 0 atom stereocenters. The van der Waals surface area contributed by atoms with E-state index in [0.717, 1.165) is 57.7 Å². The van der Waals surface area contributed by atoms with Gasteiger partial charge in [0.05, 0.1) is 39.5 Å². The molecular formula is C59H60F6N10O6. The fraction of sp³-hybridized carbons (Fsp3) is 0.339. The summed E-state index contributed by atoms with van der Waals surface area (Å²) < 4.78 is 94.7. The second kappa shape index (κ2) is 26.6. The van der Waals surface area contributed by atoms with Crippen molar-refractivity contribution in [2.24, 2.45) is 0 Å². The van der Waals surface area contributed by atoms with Crippen LogP contribution < -0.4 is 25.8 Å². The minimum absolute atomic E-state index is 0.124. The molecule has 2 aliphatic heterocycles. The summed E-state index contributed by atoms with van der Waals surface area (Å²) in [6.45, 7) is 14.9. The number of amides is 3. The lowest BCUT2D eigenvalue weighted by molar-refractivity contribution is -0.142. The summed E-state index contributed by atoms with van der Waals surface area (Å²) >= 11 is 0. The minimum atomic E-state index is -4.67. The summed E-state index contributed by atoms with van der Waals surface area (Å²) in [5.41, 5.74) is 3.86. The van der Waals surface area contributed by atoms with Crippen molar-refractivity contribution in [3.8, 4) is 45.9 Å². The molecule has 16 nitrogen and oxygen atoms in total. The number of aromatic nitrogens is 4. The van der Waals surface area contributed by atoms with Crippen LogP contribution in [0.15, 0.2) is 97.3 Å². The summed E-state index contributed by atoms with van der Waals surface area (Å²) in [7, 11) is 3.42. The largest absolute Gasteiger partial charge is 0.444 e. The van der Waals surface area contributed by atoms with Gasteiger partial charge in [0.1, 0.15) is 40.0 Å². The summed E-state index contributed by atoms with van der Waals surface area (Å²) in [4.78, 5) is 59.6. The number of carbonyl (C=O) groups is 3. The fourth-order valence-electron chi connectivity index (χ4n) is 8.14. The van der Waals surface area contributed by atoms with Crippen molar-refractivity contribution < 1.29 is 54.9 Å². The van der Waals surface area contributed by atoms with Gasteiger partial charge in [0.2, 0.25) is 0 Å². The van der Waals surface area contributed by atoms with Crippen LogP contribution >= 0.6 is 0 Å². The van der Waals surface area contributed by atoms with Crippen molar-refractivity contribution in [3.63, 3.8) is 0 Å². The highest BCUT2D eigenvalue weighted by Crippen LogP contribution is 2.34. The third-order valence-electron chi connectivity index (χ3n) is 12.3. The summed E-state index contributed by atoms with van der Waals surface area (Å²) in [5, 5.41) is 8.37. The number of benzene rings is 2. The number of hydrogen-bond donors (Lipinski definition) is 3. The lowest BCUT2D eigenvalue weighted by Gasteiger charge is -2.28. The van der Waals surface area contributed by atoms with Gasteiger partial charge in [0.25, 0.3) is 11.8 Å². The number of pyridine rings is 4. The smallest absolute Gasteiger partial charge is 0.433 e. The van der Waals surface area contributed by atoms with Crippen LogP contribution in [0.3, 0.4) is 0 Å². The minimum Gasteiger partial charge on any atom is -0.444 e. The predicted molar refractivity (Wildman–Crippen MR) is 296 cm³/mol. The number of ether oxygens (including phenoxy) is 3. The molecule has 0 unspecified atom stereocenters. The third kappa shape index (κ3) is 17.2. The van der Waals surface area contributed by atoms with Crippen LogP contribution in [0.4, 0.5) is 54.1 Å². The van der Waals surface area contributed by atoms with Gasteiger partial charge in [-0.1, -0.05) is 24.0 Å². The molecule has 0 spiro atoms. The van der Waals surface area contributed by atoms with Crippen LogP contribution in [-0.2, 0) is 26.6 Å². The zero-order valence-corrected chi connectivity index (χ0v) is 45.7. The molecule has 81 heavy (non-hydrogen) atoms. The van der Waals surface area contributed by atoms with Crippen molar-refractivity contribution in [1.82, 2.24) is 30.2 Å². The van der Waals surface area contributed by atoms with E-state index in [-0.39, 0.29) is 17.7 Å². The van der Waals surface area contributed by atoms with Crippen LogP contribution in [0, 0.1) is 37.5 Å². The Morgan fingerprint density at radius 3 is 1.47 bits per heavy atom. The first-order valence-electron chi connectivity index (χ1n) is 25.6. The molecule has 8 rings (SSSR count). The Labute approximate surface area is 465 Å². The van der Waals surface area contributed by atoms with Gasteiger partial charge in [-0.2, -0.15) is 26.3 Å². The SMILES string of the molecule is CNCC#Cc1cc(-c2cc(NC(=O)c3ccnc(C(F)(F)F)c3)ccc2C)cc(N2CCOCC2)n1.Cc1ccc(NC(=O)c2ccnc(C(F)(F)F)c2)cc1-c1cc(C#CCN(C)C(=O)OC(C)(C)C)nc(N2CCOCC2)c1. The molecule has 0 saturated carbocycles. The third-order valence-corrected chi connectivity index (χ3v) is 12.3. The standard InChI is InChI=1S/C32H34F3N5O4.C27H26F3N5O2/c1-21-8-9-25(38-29(41)22-10-11-36-27(18-22)32(33,34)35)20-26(21)23-17-24(37-28(19-23)40-13-15-43-16-14-40)7-6-12-39(5)30(42)44-31(2,3)4;1-18-5-6-22(34-26(36)19-7-9-32-24(15-19)27(28,29)30)17-23(18)20-14-21(4-3-8-31-2)33-25(16-20)35-10-12-37-13-11-35/h8-11,17-20H,12-16H2,1-5H3,(H,38,41);5-7,9,14-17,31H,8,10-13H2,1-2H3,(H,34,36). The Morgan fingerprint density at radius 2 is 1.06 bits per heavy atom. The topological polar surface area (TPSA) is 176 Å². The molecule has 3 N–H and O–H groups in total. The van der Waals surface area contributed by atoms with Crippen molar-refractivity contribution in [2.45, 2.75) is 52.6 Å². The maximum atomic E-state index is 13.1. The molecule has 6 heterocycles. The average Bonchev–Trinajstić information content (AvgIpc) is 3.45. The van der Waals surface area contributed by atoms with Crippen LogP contribution in [-0.4, -0.2) is 128 Å². The number of nitrogens with one attached hydrogen (secondary N) is 3.